The molecule has 0 aromatic carbocycles. The van der Waals surface area contributed by atoms with Crippen LogP contribution in [0.4, 0.5) is 0 Å². The molecule has 0 N–H and O–H groups in total. The van der Waals surface area contributed by atoms with Gasteiger partial charge < -0.3 is 9.15 Å². The zero-order chi connectivity index (χ0) is 8.97. The molecule has 0 aliphatic heterocycles. The van der Waals surface area contributed by atoms with Crippen molar-refractivity contribution in [3.63, 3.8) is 0 Å². The summed E-state index contributed by atoms with van der Waals surface area (Å²) < 4.78 is 10.1. The molecule has 0 fully saturated rings. The fourth-order valence-electron chi connectivity index (χ4n) is 0.811. The lowest BCUT2D eigenvalue weighted by atomic mass is 10.4. The molecule has 0 aliphatic rings. The van der Waals surface area contributed by atoms with Gasteiger partial charge >= 0.3 is 0 Å². The number of ether oxygens (including phenoxy) is 1. The lowest BCUT2D eigenvalue weighted by molar-refractivity contribution is 0.109. The van der Waals surface area contributed by atoms with E-state index in [2.05, 4.69) is 6.58 Å². The van der Waals surface area contributed by atoms with Gasteiger partial charge in [-0.2, -0.15) is 0 Å². The molecule has 64 valence electrons. The molecule has 0 aliphatic carbocycles. The monoisotopic (exact) mass is 166 g/mol. The standard InChI is InChI=1S/C9H10O3/c1-3-11-7(2)9-5-4-8(6-10)12-9/h4-6H,2-3H2,1H3. The van der Waals surface area contributed by atoms with Crippen LogP contribution in [0.1, 0.15) is 23.2 Å². The Morgan fingerprint density at radius 2 is 2.50 bits per heavy atom. The zero-order valence-corrected chi connectivity index (χ0v) is 6.87. The third-order valence-corrected chi connectivity index (χ3v) is 1.34. The van der Waals surface area contributed by atoms with E-state index in [1.807, 2.05) is 6.92 Å². The third kappa shape index (κ3) is 1.75. The highest BCUT2D eigenvalue weighted by atomic mass is 16.5. The van der Waals surface area contributed by atoms with Gasteiger partial charge in [-0.25, -0.2) is 0 Å². The van der Waals surface area contributed by atoms with Gasteiger partial charge in [0.25, 0.3) is 0 Å². The normalized spacial score (nSPS) is 9.42. The van der Waals surface area contributed by atoms with Crippen LogP contribution in [-0.2, 0) is 4.74 Å². The molecule has 0 bridgehead atoms. The first-order valence-electron chi connectivity index (χ1n) is 3.65. The molecular formula is C9H10O3. The van der Waals surface area contributed by atoms with Gasteiger partial charge in [-0.1, -0.05) is 6.58 Å². The minimum Gasteiger partial charge on any atom is -0.491 e. The van der Waals surface area contributed by atoms with Crippen LogP contribution in [0.3, 0.4) is 0 Å². The fraction of sp³-hybridized carbons (Fsp3) is 0.222. The van der Waals surface area contributed by atoms with Crippen LogP contribution < -0.4 is 0 Å². The summed E-state index contributed by atoms with van der Waals surface area (Å²) in [7, 11) is 0. The summed E-state index contributed by atoms with van der Waals surface area (Å²) in [5.41, 5.74) is 0. The van der Waals surface area contributed by atoms with E-state index in [9.17, 15) is 4.79 Å². The first-order valence-corrected chi connectivity index (χ1v) is 3.65. The predicted octanol–water partition coefficient (Wildman–Crippen LogP) is 2.10. The van der Waals surface area contributed by atoms with E-state index in [0.29, 0.717) is 24.4 Å². The van der Waals surface area contributed by atoms with Crippen molar-refractivity contribution in [1.82, 2.24) is 0 Å². The van der Waals surface area contributed by atoms with Crippen molar-refractivity contribution in [2.24, 2.45) is 0 Å². The van der Waals surface area contributed by atoms with E-state index >= 15 is 0 Å². The molecule has 3 heteroatoms. The van der Waals surface area contributed by atoms with Crippen molar-refractivity contribution < 1.29 is 13.9 Å². The highest BCUT2D eigenvalue weighted by molar-refractivity contribution is 5.71. The maximum absolute atomic E-state index is 10.2. The Balaban J connectivity index is 2.74. The number of hydrogen-bond donors (Lipinski definition) is 0. The largest absolute Gasteiger partial charge is 0.491 e. The summed E-state index contributed by atoms with van der Waals surface area (Å²) >= 11 is 0. The van der Waals surface area contributed by atoms with E-state index in [1.54, 1.807) is 12.1 Å². The highest BCUT2D eigenvalue weighted by Crippen LogP contribution is 2.15. The topological polar surface area (TPSA) is 39.4 Å². The first kappa shape index (κ1) is 8.59. The number of carbonyl (C=O) groups is 1. The first-order chi connectivity index (χ1) is 5.77. The van der Waals surface area contributed by atoms with Gasteiger partial charge in [0.15, 0.2) is 23.6 Å². The molecule has 3 nitrogen and oxygen atoms in total. The van der Waals surface area contributed by atoms with E-state index in [4.69, 9.17) is 9.15 Å². The van der Waals surface area contributed by atoms with Crippen molar-refractivity contribution in [2.75, 3.05) is 6.61 Å². The maximum Gasteiger partial charge on any atom is 0.185 e. The molecule has 0 spiro atoms. The Kier molecular flexibility index (Phi) is 2.69. The molecule has 1 heterocycles. The van der Waals surface area contributed by atoms with Crippen molar-refractivity contribution in [3.8, 4) is 0 Å². The van der Waals surface area contributed by atoms with E-state index in [0.717, 1.165) is 0 Å². The number of rotatable bonds is 4. The summed E-state index contributed by atoms with van der Waals surface area (Å²) in [5, 5.41) is 0. The molecular weight excluding hydrogens is 156 g/mol. The summed E-state index contributed by atoms with van der Waals surface area (Å²) in [6, 6.07) is 3.23. The van der Waals surface area contributed by atoms with Crippen LogP contribution in [-0.4, -0.2) is 12.9 Å². The van der Waals surface area contributed by atoms with Crippen molar-refractivity contribution >= 4 is 12.0 Å². The number of carbonyl (C=O) groups excluding carboxylic acids is 1. The van der Waals surface area contributed by atoms with Crippen LogP contribution >= 0.6 is 0 Å². The smallest absolute Gasteiger partial charge is 0.185 e. The zero-order valence-electron chi connectivity index (χ0n) is 6.87. The minimum atomic E-state index is 0.283. The molecule has 0 saturated heterocycles. The Bertz CT molecular complexity index is 286. The molecule has 1 rings (SSSR count). The molecule has 0 saturated carbocycles. The molecule has 0 radical (unpaired) electrons. The fourth-order valence-corrected chi connectivity index (χ4v) is 0.811. The van der Waals surface area contributed by atoms with Crippen molar-refractivity contribution in [3.05, 3.63) is 30.2 Å². The quantitative estimate of drug-likeness (QED) is 0.508. The molecule has 0 atom stereocenters. The van der Waals surface area contributed by atoms with Crippen molar-refractivity contribution in [2.45, 2.75) is 6.92 Å². The summed E-state index contributed by atoms with van der Waals surface area (Å²) in [4.78, 5) is 10.2. The molecule has 12 heavy (non-hydrogen) atoms. The predicted molar refractivity (Wildman–Crippen MR) is 44.8 cm³/mol. The van der Waals surface area contributed by atoms with Crippen LogP contribution in [0, 0.1) is 0 Å². The van der Waals surface area contributed by atoms with Gasteiger partial charge in [-0.15, -0.1) is 0 Å². The SMILES string of the molecule is C=C(OCC)c1ccc(C=O)o1. The van der Waals surface area contributed by atoms with Gasteiger partial charge in [0, 0.05) is 0 Å². The second-order valence-electron chi connectivity index (χ2n) is 2.18. The molecule has 1 aromatic rings. The second kappa shape index (κ2) is 3.76. The van der Waals surface area contributed by atoms with E-state index in [1.165, 1.54) is 0 Å². The van der Waals surface area contributed by atoms with E-state index < -0.39 is 0 Å². The average Bonchev–Trinajstić information content (AvgIpc) is 2.52. The lowest BCUT2D eigenvalue weighted by Crippen LogP contribution is -1.86. The Morgan fingerprint density at radius 3 is 3.00 bits per heavy atom. The van der Waals surface area contributed by atoms with Gasteiger partial charge in [-0.3, -0.25) is 4.79 Å². The summed E-state index contributed by atoms with van der Waals surface area (Å²) in [6.07, 6.45) is 0.642. The molecule has 0 unspecified atom stereocenters. The number of hydrogen-bond acceptors (Lipinski definition) is 3. The van der Waals surface area contributed by atoms with Crippen LogP contribution in [0.25, 0.3) is 5.76 Å². The minimum absolute atomic E-state index is 0.283. The van der Waals surface area contributed by atoms with Crippen molar-refractivity contribution in [1.29, 1.82) is 0 Å². The summed E-state index contributed by atoms with van der Waals surface area (Å²) in [6.45, 7) is 6.02. The van der Waals surface area contributed by atoms with E-state index in [-0.39, 0.29) is 5.76 Å². The summed E-state index contributed by atoms with van der Waals surface area (Å²) in [5.74, 6) is 1.23. The van der Waals surface area contributed by atoms with Gasteiger partial charge in [-0.05, 0) is 19.1 Å². The number of aldehydes is 1. The molecule has 1 aromatic heterocycles. The second-order valence-corrected chi connectivity index (χ2v) is 2.18. The molecule has 0 amide bonds. The van der Waals surface area contributed by atoms with Gasteiger partial charge in [0.2, 0.25) is 0 Å². The van der Waals surface area contributed by atoms with Gasteiger partial charge in [0.1, 0.15) is 0 Å². The lowest BCUT2D eigenvalue weighted by Gasteiger charge is -2.01. The number of furan rings is 1. The highest BCUT2D eigenvalue weighted by Gasteiger charge is 2.04. The Morgan fingerprint density at radius 1 is 1.75 bits per heavy atom. The Hall–Kier alpha value is -1.51. The van der Waals surface area contributed by atoms with Crippen LogP contribution in [0.2, 0.25) is 0 Å². The Labute approximate surface area is 70.6 Å². The van der Waals surface area contributed by atoms with Gasteiger partial charge in [0.05, 0.1) is 6.61 Å². The average molecular weight is 166 g/mol. The maximum atomic E-state index is 10.2. The van der Waals surface area contributed by atoms with Crippen LogP contribution in [0.5, 0.6) is 0 Å². The third-order valence-electron chi connectivity index (χ3n) is 1.34. The van der Waals surface area contributed by atoms with Crippen LogP contribution in [0.15, 0.2) is 23.1 Å².